The lowest BCUT2D eigenvalue weighted by molar-refractivity contribution is -0.142. The number of amides is 2. The van der Waals surface area contributed by atoms with Crippen LogP contribution in [0.1, 0.15) is 16.9 Å². The van der Waals surface area contributed by atoms with E-state index in [1.165, 1.54) is 17.4 Å². The number of hydrogen-bond acceptors (Lipinski definition) is 4. The SMILES string of the molecule is Cc1ccsc1/C=C/C(=O)NC(CC(N)=O)C(=O)O. The fraction of sp³-hybridized carbons (Fsp3) is 0.250. The second-order valence-electron chi connectivity index (χ2n) is 3.87. The van der Waals surface area contributed by atoms with Gasteiger partial charge in [-0.15, -0.1) is 11.3 Å². The number of aliphatic carboxylic acids is 1. The van der Waals surface area contributed by atoms with Crippen LogP contribution in [0.3, 0.4) is 0 Å². The highest BCUT2D eigenvalue weighted by atomic mass is 32.1. The normalized spacial score (nSPS) is 12.3. The van der Waals surface area contributed by atoms with Crippen LogP contribution in [0.2, 0.25) is 0 Å². The van der Waals surface area contributed by atoms with Crippen molar-refractivity contribution in [1.82, 2.24) is 5.32 Å². The molecule has 1 aromatic rings. The first kappa shape index (κ1) is 14.9. The van der Waals surface area contributed by atoms with Gasteiger partial charge in [-0.3, -0.25) is 9.59 Å². The molecule has 19 heavy (non-hydrogen) atoms. The molecule has 1 aromatic heterocycles. The van der Waals surface area contributed by atoms with Gasteiger partial charge in [-0.05, 0) is 30.0 Å². The standard InChI is InChI=1S/C12H14N2O4S/c1-7-4-5-19-9(7)2-3-11(16)14-8(12(17)18)6-10(13)15/h2-5,8H,6H2,1H3,(H2,13,15)(H,14,16)(H,17,18)/b3-2+. The van der Waals surface area contributed by atoms with E-state index in [0.717, 1.165) is 10.4 Å². The summed E-state index contributed by atoms with van der Waals surface area (Å²) in [6.45, 7) is 1.90. The number of nitrogens with two attached hydrogens (primary N) is 1. The average Bonchev–Trinajstić information content (AvgIpc) is 2.70. The lowest BCUT2D eigenvalue weighted by Gasteiger charge is -2.10. The Labute approximate surface area is 113 Å². The highest BCUT2D eigenvalue weighted by Crippen LogP contribution is 2.16. The van der Waals surface area contributed by atoms with Crippen molar-refractivity contribution in [3.63, 3.8) is 0 Å². The summed E-state index contributed by atoms with van der Waals surface area (Å²) in [5, 5.41) is 12.9. The van der Waals surface area contributed by atoms with Gasteiger partial charge in [0.05, 0.1) is 6.42 Å². The molecule has 0 fully saturated rings. The summed E-state index contributed by atoms with van der Waals surface area (Å²) in [4.78, 5) is 33.9. The van der Waals surface area contributed by atoms with Gasteiger partial charge in [0, 0.05) is 11.0 Å². The van der Waals surface area contributed by atoms with E-state index in [1.54, 1.807) is 6.08 Å². The van der Waals surface area contributed by atoms with Gasteiger partial charge in [-0.2, -0.15) is 0 Å². The van der Waals surface area contributed by atoms with Gasteiger partial charge in [0.15, 0.2) is 0 Å². The Balaban J connectivity index is 2.63. The zero-order chi connectivity index (χ0) is 14.4. The fourth-order valence-corrected chi connectivity index (χ4v) is 2.15. The van der Waals surface area contributed by atoms with Crippen molar-refractivity contribution in [2.45, 2.75) is 19.4 Å². The van der Waals surface area contributed by atoms with Crippen LogP contribution >= 0.6 is 11.3 Å². The Morgan fingerprint density at radius 2 is 2.21 bits per heavy atom. The molecule has 0 aliphatic heterocycles. The van der Waals surface area contributed by atoms with Crippen molar-refractivity contribution in [2.24, 2.45) is 5.73 Å². The first-order chi connectivity index (χ1) is 8.90. The molecule has 1 rings (SSSR count). The number of carboxylic acid groups (broad SMARTS) is 1. The summed E-state index contributed by atoms with van der Waals surface area (Å²) in [5.41, 5.74) is 5.94. The lowest BCUT2D eigenvalue weighted by atomic mass is 10.2. The Bertz CT molecular complexity index is 522. The Kier molecular flexibility index (Phi) is 5.25. The van der Waals surface area contributed by atoms with Gasteiger partial charge in [0.2, 0.25) is 11.8 Å². The predicted octanol–water partition coefficient (Wildman–Crippen LogP) is 0.515. The van der Waals surface area contributed by atoms with Crippen molar-refractivity contribution in [1.29, 1.82) is 0 Å². The maximum atomic E-state index is 11.5. The molecule has 0 aromatic carbocycles. The fourth-order valence-electron chi connectivity index (χ4n) is 1.33. The number of carbonyl (C=O) groups is 3. The summed E-state index contributed by atoms with van der Waals surface area (Å²) in [6.07, 6.45) is 2.39. The topological polar surface area (TPSA) is 109 Å². The van der Waals surface area contributed by atoms with Crippen LogP contribution in [0.25, 0.3) is 6.08 Å². The minimum Gasteiger partial charge on any atom is -0.480 e. The van der Waals surface area contributed by atoms with E-state index >= 15 is 0 Å². The van der Waals surface area contributed by atoms with Crippen molar-refractivity contribution in [2.75, 3.05) is 0 Å². The number of rotatable bonds is 6. The van der Waals surface area contributed by atoms with Crippen molar-refractivity contribution in [3.05, 3.63) is 28.0 Å². The molecule has 1 atom stereocenters. The van der Waals surface area contributed by atoms with E-state index in [2.05, 4.69) is 5.32 Å². The Morgan fingerprint density at radius 3 is 2.68 bits per heavy atom. The van der Waals surface area contributed by atoms with Gasteiger partial charge in [-0.1, -0.05) is 0 Å². The average molecular weight is 282 g/mol. The minimum absolute atomic E-state index is 0.438. The first-order valence-electron chi connectivity index (χ1n) is 5.44. The number of aryl methyl sites for hydroxylation is 1. The highest BCUT2D eigenvalue weighted by molar-refractivity contribution is 7.11. The van der Waals surface area contributed by atoms with Gasteiger partial charge < -0.3 is 16.2 Å². The van der Waals surface area contributed by atoms with Crippen LogP contribution in [0.5, 0.6) is 0 Å². The van der Waals surface area contributed by atoms with E-state index in [-0.39, 0.29) is 0 Å². The molecule has 0 spiro atoms. The van der Waals surface area contributed by atoms with Crippen LogP contribution in [0.15, 0.2) is 17.5 Å². The highest BCUT2D eigenvalue weighted by Gasteiger charge is 2.20. The molecule has 1 heterocycles. The third-order valence-electron chi connectivity index (χ3n) is 2.31. The molecule has 0 saturated heterocycles. The number of thiophene rings is 1. The molecule has 0 aliphatic carbocycles. The summed E-state index contributed by atoms with van der Waals surface area (Å²) in [6, 6.07) is 0.606. The van der Waals surface area contributed by atoms with E-state index in [0.29, 0.717) is 0 Å². The summed E-state index contributed by atoms with van der Waals surface area (Å²) in [5.74, 6) is -2.67. The molecule has 0 bridgehead atoms. The first-order valence-corrected chi connectivity index (χ1v) is 6.32. The second-order valence-corrected chi connectivity index (χ2v) is 4.82. The number of carbonyl (C=O) groups excluding carboxylic acids is 2. The van der Waals surface area contributed by atoms with E-state index in [9.17, 15) is 14.4 Å². The molecular weight excluding hydrogens is 268 g/mol. The molecule has 4 N–H and O–H groups in total. The van der Waals surface area contributed by atoms with Crippen LogP contribution in [0.4, 0.5) is 0 Å². The molecular formula is C12H14N2O4S. The van der Waals surface area contributed by atoms with Crippen LogP contribution < -0.4 is 11.1 Å². The van der Waals surface area contributed by atoms with Crippen molar-refractivity contribution >= 4 is 35.2 Å². The van der Waals surface area contributed by atoms with Crippen LogP contribution in [-0.2, 0) is 14.4 Å². The van der Waals surface area contributed by atoms with E-state index in [1.807, 2.05) is 18.4 Å². The molecule has 0 radical (unpaired) electrons. The number of hydrogen-bond donors (Lipinski definition) is 3. The summed E-state index contributed by atoms with van der Waals surface area (Å²) >= 11 is 1.47. The van der Waals surface area contributed by atoms with E-state index < -0.39 is 30.2 Å². The van der Waals surface area contributed by atoms with Gasteiger partial charge in [-0.25, -0.2) is 4.79 Å². The molecule has 102 valence electrons. The van der Waals surface area contributed by atoms with Crippen LogP contribution in [0, 0.1) is 6.92 Å². The molecule has 6 nitrogen and oxygen atoms in total. The summed E-state index contributed by atoms with van der Waals surface area (Å²) < 4.78 is 0. The third kappa shape index (κ3) is 4.92. The van der Waals surface area contributed by atoms with Crippen molar-refractivity contribution < 1.29 is 19.5 Å². The Morgan fingerprint density at radius 1 is 1.53 bits per heavy atom. The maximum absolute atomic E-state index is 11.5. The lowest BCUT2D eigenvalue weighted by Crippen LogP contribution is -2.42. The maximum Gasteiger partial charge on any atom is 0.326 e. The quantitative estimate of drug-likeness (QED) is 0.660. The zero-order valence-electron chi connectivity index (χ0n) is 10.3. The number of nitrogens with one attached hydrogen (secondary N) is 1. The summed E-state index contributed by atoms with van der Waals surface area (Å²) in [7, 11) is 0. The van der Waals surface area contributed by atoms with Gasteiger partial charge in [0.25, 0.3) is 0 Å². The van der Waals surface area contributed by atoms with Crippen molar-refractivity contribution in [3.8, 4) is 0 Å². The molecule has 2 amide bonds. The zero-order valence-corrected chi connectivity index (χ0v) is 11.1. The largest absolute Gasteiger partial charge is 0.480 e. The molecule has 7 heteroatoms. The third-order valence-corrected chi connectivity index (χ3v) is 3.29. The van der Waals surface area contributed by atoms with Gasteiger partial charge in [0.1, 0.15) is 6.04 Å². The predicted molar refractivity (Wildman–Crippen MR) is 71.5 cm³/mol. The van der Waals surface area contributed by atoms with E-state index in [4.69, 9.17) is 10.8 Å². The number of carboxylic acids is 1. The molecule has 1 unspecified atom stereocenters. The monoisotopic (exact) mass is 282 g/mol. The molecule has 0 saturated carbocycles. The smallest absolute Gasteiger partial charge is 0.326 e. The van der Waals surface area contributed by atoms with Crippen LogP contribution in [-0.4, -0.2) is 28.9 Å². The molecule has 0 aliphatic rings. The second kappa shape index (κ2) is 6.69. The van der Waals surface area contributed by atoms with Gasteiger partial charge >= 0.3 is 5.97 Å². The minimum atomic E-state index is -1.31. The number of primary amides is 1. The Hall–Kier alpha value is -2.15.